The number of aromatic nitrogens is 2. The van der Waals surface area contributed by atoms with Gasteiger partial charge in [0.2, 0.25) is 0 Å². The molecule has 7 heteroatoms. The van der Waals surface area contributed by atoms with Crippen molar-refractivity contribution in [3.8, 4) is 0 Å². The molecule has 1 aliphatic heterocycles. The van der Waals surface area contributed by atoms with Crippen LogP contribution in [-0.2, 0) is 23.2 Å². The Bertz CT molecular complexity index is 667. The lowest BCUT2D eigenvalue weighted by Gasteiger charge is -2.27. The van der Waals surface area contributed by atoms with Crippen molar-refractivity contribution >= 4 is 16.0 Å². The van der Waals surface area contributed by atoms with Gasteiger partial charge >= 0.3 is 10.2 Å². The molecule has 0 aliphatic carbocycles. The highest BCUT2D eigenvalue weighted by Gasteiger charge is 2.26. The van der Waals surface area contributed by atoms with Crippen molar-refractivity contribution in [2.75, 3.05) is 11.3 Å². The lowest BCUT2D eigenvalue weighted by molar-refractivity contribution is 0.394. The van der Waals surface area contributed by atoms with E-state index in [1.807, 2.05) is 24.3 Å². The lowest BCUT2D eigenvalue weighted by Crippen LogP contribution is -2.39. The summed E-state index contributed by atoms with van der Waals surface area (Å²) in [7, 11) is -3.54. The first-order valence-electron chi connectivity index (χ1n) is 5.99. The van der Waals surface area contributed by atoms with Crippen LogP contribution < -0.4 is 4.72 Å². The van der Waals surface area contributed by atoms with Gasteiger partial charge in [-0.2, -0.15) is 17.8 Å². The SMILES string of the molecule is O=S(=O)(Nc1ccn[nH]1)N1CCc2ccccc2C1. The Morgan fingerprint density at radius 2 is 2.00 bits per heavy atom. The van der Waals surface area contributed by atoms with E-state index in [0.717, 1.165) is 12.0 Å². The molecule has 0 saturated heterocycles. The highest BCUT2D eigenvalue weighted by molar-refractivity contribution is 7.90. The number of nitrogens with zero attached hydrogens (tertiary/aromatic N) is 2. The summed E-state index contributed by atoms with van der Waals surface area (Å²) < 4.78 is 28.4. The molecule has 1 aromatic carbocycles. The van der Waals surface area contributed by atoms with Crippen molar-refractivity contribution in [2.24, 2.45) is 0 Å². The molecular weight excluding hydrogens is 264 g/mol. The van der Waals surface area contributed by atoms with Crippen LogP contribution in [0, 0.1) is 0 Å². The van der Waals surface area contributed by atoms with E-state index in [0.29, 0.717) is 18.9 Å². The Labute approximate surface area is 111 Å². The smallest absolute Gasteiger partial charge is 0.262 e. The first-order chi connectivity index (χ1) is 9.15. The second-order valence-corrected chi connectivity index (χ2v) is 6.10. The van der Waals surface area contributed by atoms with Gasteiger partial charge in [-0.3, -0.25) is 9.82 Å². The molecule has 2 heterocycles. The van der Waals surface area contributed by atoms with Gasteiger partial charge in [0.25, 0.3) is 0 Å². The molecule has 1 aromatic heterocycles. The summed E-state index contributed by atoms with van der Waals surface area (Å²) >= 11 is 0. The molecule has 0 atom stereocenters. The number of hydrogen-bond acceptors (Lipinski definition) is 3. The molecule has 0 bridgehead atoms. The number of aromatic amines is 1. The largest absolute Gasteiger partial charge is 0.303 e. The minimum atomic E-state index is -3.54. The molecule has 0 radical (unpaired) electrons. The number of anilines is 1. The van der Waals surface area contributed by atoms with Crippen molar-refractivity contribution in [1.82, 2.24) is 14.5 Å². The molecule has 2 N–H and O–H groups in total. The van der Waals surface area contributed by atoms with Gasteiger partial charge in [0.15, 0.2) is 0 Å². The number of H-pyrrole nitrogens is 1. The molecule has 1 aliphatic rings. The van der Waals surface area contributed by atoms with E-state index in [4.69, 9.17) is 0 Å². The predicted molar refractivity (Wildman–Crippen MR) is 71.7 cm³/mol. The summed E-state index contributed by atoms with van der Waals surface area (Å²) in [5.41, 5.74) is 2.28. The zero-order valence-electron chi connectivity index (χ0n) is 10.2. The molecule has 0 saturated carbocycles. The molecule has 2 aromatic rings. The highest BCUT2D eigenvalue weighted by atomic mass is 32.2. The molecule has 100 valence electrons. The zero-order valence-corrected chi connectivity index (χ0v) is 11.0. The zero-order chi connectivity index (χ0) is 13.3. The molecule has 0 fully saturated rings. The van der Waals surface area contributed by atoms with E-state index >= 15 is 0 Å². The second kappa shape index (κ2) is 4.67. The van der Waals surface area contributed by atoms with Crippen molar-refractivity contribution < 1.29 is 8.42 Å². The molecule has 3 rings (SSSR count). The molecule has 0 amide bonds. The number of fused-ring (bicyclic) bond motifs is 1. The van der Waals surface area contributed by atoms with Crippen molar-refractivity contribution in [2.45, 2.75) is 13.0 Å². The normalized spacial score (nSPS) is 16.0. The van der Waals surface area contributed by atoms with E-state index in [1.165, 1.54) is 16.1 Å². The van der Waals surface area contributed by atoms with Gasteiger partial charge < -0.3 is 0 Å². The maximum Gasteiger partial charge on any atom is 0.303 e. The van der Waals surface area contributed by atoms with E-state index in [1.54, 1.807) is 6.07 Å². The molecule has 0 spiro atoms. The summed E-state index contributed by atoms with van der Waals surface area (Å²) in [6, 6.07) is 9.49. The van der Waals surface area contributed by atoms with Gasteiger partial charge in [-0.15, -0.1) is 0 Å². The monoisotopic (exact) mass is 278 g/mol. The molecule has 19 heavy (non-hydrogen) atoms. The van der Waals surface area contributed by atoms with Crippen LogP contribution in [0.1, 0.15) is 11.1 Å². The minimum Gasteiger partial charge on any atom is -0.262 e. The van der Waals surface area contributed by atoms with Crippen LogP contribution in [0.3, 0.4) is 0 Å². The quantitative estimate of drug-likeness (QED) is 0.883. The van der Waals surface area contributed by atoms with E-state index < -0.39 is 10.2 Å². The topological polar surface area (TPSA) is 78.1 Å². The van der Waals surface area contributed by atoms with Gasteiger partial charge in [0, 0.05) is 19.2 Å². The minimum absolute atomic E-state index is 0.374. The van der Waals surface area contributed by atoms with Crippen LogP contribution in [0.5, 0.6) is 0 Å². The van der Waals surface area contributed by atoms with Gasteiger partial charge in [-0.05, 0) is 17.5 Å². The molecule has 6 nitrogen and oxygen atoms in total. The van der Waals surface area contributed by atoms with Crippen LogP contribution >= 0.6 is 0 Å². The summed E-state index contributed by atoms with van der Waals surface area (Å²) in [5, 5.41) is 6.30. The van der Waals surface area contributed by atoms with Crippen LogP contribution in [0.25, 0.3) is 0 Å². The fourth-order valence-electron chi connectivity index (χ4n) is 2.19. The summed E-state index contributed by atoms with van der Waals surface area (Å²) in [5.74, 6) is 0.374. The van der Waals surface area contributed by atoms with Gasteiger partial charge in [0.1, 0.15) is 5.82 Å². The Morgan fingerprint density at radius 1 is 1.21 bits per heavy atom. The Kier molecular flexibility index (Phi) is 3.00. The maximum absolute atomic E-state index is 12.2. The van der Waals surface area contributed by atoms with E-state index in [9.17, 15) is 8.42 Å². The fraction of sp³-hybridized carbons (Fsp3) is 0.250. The van der Waals surface area contributed by atoms with Gasteiger partial charge in [-0.1, -0.05) is 24.3 Å². The van der Waals surface area contributed by atoms with E-state index in [-0.39, 0.29) is 0 Å². The summed E-state index contributed by atoms with van der Waals surface area (Å²) in [4.78, 5) is 0. The van der Waals surface area contributed by atoms with Crippen molar-refractivity contribution in [1.29, 1.82) is 0 Å². The number of hydrogen-bond donors (Lipinski definition) is 2. The Morgan fingerprint density at radius 3 is 2.74 bits per heavy atom. The Hall–Kier alpha value is -1.86. The first kappa shape index (κ1) is 12.2. The summed E-state index contributed by atoms with van der Waals surface area (Å²) in [6.45, 7) is 0.889. The number of rotatable bonds is 3. The standard InChI is InChI=1S/C12H14N4O2S/c17-19(18,15-12-5-7-13-14-12)16-8-6-10-3-1-2-4-11(10)9-16/h1-5,7H,6,8-9H2,(H2,13,14,15). The molecule has 0 unspecified atom stereocenters. The fourth-order valence-corrected chi connectivity index (χ4v) is 3.35. The summed E-state index contributed by atoms with van der Waals surface area (Å²) in [6.07, 6.45) is 2.24. The number of benzene rings is 1. The van der Waals surface area contributed by atoms with Crippen LogP contribution in [0.4, 0.5) is 5.82 Å². The average molecular weight is 278 g/mol. The maximum atomic E-state index is 12.2. The lowest BCUT2D eigenvalue weighted by atomic mass is 10.0. The van der Waals surface area contributed by atoms with Crippen LogP contribution in [-0.4, -0.2) is 29.5 Å². The Balaban J connectivity index is 1.80. The van der Waals surface area contributed by atoms with Gasteiger partial charge in [0.05, 0.1) is 6.20 Å². The van der Waals surface area contributed by atoms with E-state index in [2.05, 4.69) is 14.9 Å². The van der Waals surface area contributed by atoms with Crippen LogP contribution in [0.2, 0.25) is 0 Å². The second-order valence-electron chi connectivity index (χ2n) is 4.43. The highest BCUT2D eigenvalue weighted by Crippen LogP contribution is 2.21. The average Bonchev–Trinajstić information content (AvgIpc) is 2.90. The van der Waals surface area contributed by atoms with Gasteiger partial charge in [-0.25, -0.2) is 0 Å². The van der Waals surface area contributed by atoms with Crippen LogP contribution in [0.15, 0.2) is 36.5 Å². The van der Waals surface area contributed by atoms with Crippen molar-refractivity contribution in [3.63, 3.8) is 0 Å². The van der Waals surface area contributed by atoms with Crippen molar-refractivity contribution in [3.05, 3.63) is 47.7 Å². The first-order valence-corrected chi connectivity index (χ1v) is 7.43. The number of nitrogens with one attached hydrogen (secondary N) is 2. The third kappa shape index (κ3) is 2.47. The molecular formula is C12H14N4O2S. The third-order valence-corrected chi connectivity index (χ3v) is 4.64. The predicted octanol–water partition coefficient (Wildman–Crippen LogP) is 1.12. The third-order valence-electron chi connectivity index (χ3n) is 3.18.